The third kappa shape index (κ3) is 4.45. The number of amides is 1. The summed E-state index contributed by atoms with van der Waals surface area (Å²) in [6, 6.07) is 9.84. The molecule has 1 N–H and O–H groups in total. The standard InChI is InChI=1S/C19H16ClFN2O2S/c1-11-3-4-13(7-12(11)2)17-9-22-19(25-17)26-10-18(24)23-16-6-5-14(21)8-15(16)20/h3-9H,10H2,1-2H3,(H,23,24). The Labute approximate surface area is 159 Å². The molecule has 134 valence electrons. The van der Waals surface area contributed by atoms with E-state index in [1.165, 1.54) is 35.0 Å². The van der Waals surface area contributed by atoms with Gasteiger partial charge in [-0.05, 0) is 49.2 Å². The van der Waals surface area contributed by atoms with Crippen molar-refractivity contribution < 1.29 is 13.6 Å². The molecule has 3 rings (SSSR count). The Kier molecular flexibility index (Phi) is 5.64. The van der Waals surface area contributed by atoms with Crippen molar-refractivity contribution >= 4 is 35.0 Å². The largest absolute Gasteiger partial charge is 0.431 e. The Morgan fingerprint density at radius 2 is 2.04 bits per heavy atom. The number of carbonyl (C=O) groups excluding carboxylic acids is 1. The van der Waals surface area contributed by atoms with Crippen molar-refractivity contribution in [1.29, 1.82) is 0 Å². The Bertz CT molecular complexity index is 958. The van der Waals surface area contributed by atoms with Crippen molar-refractivity contribution in [3.63, 3.8) is 0 Å². The summed E-state index contributed by atoms with van der Waals surface area (Å²) in [5.41, 5.74) is 3.68. The fourth-order valence-corrected chi connectivity index (χ4v) is 3.07. The number of thioether (sulfide) groups is 1. The Morgan fingerprint density at radius 3 is 2.77 bits per heavy atom. The van der Waals surface area contributed by atoms with E-state index in [9.17, 15) is 9.18 Å². The highest BCUT2D eigenvalue weighted by Crippen LogP contribution is 2.27. The molecule has 0 fully saturated rings. The number of nitrogens with one attached hydrogen (secondary N) is 1. The number of aromatic nitrogens is 1. The van der Waals surface area contributed by atoms with Crippen LogP contribution in [0.3, 0.4) is 0 Å². The molecule has 0 aliphatic heterocycles. The smallest absolute Gasteiger partial charge is 0.256 e. The van der Waals surface area contributed by atoms with Crippen LogP contribution >= 0.6 is 23.4 Å². The molecule has 0 unspecified atom stereocenters. The van der Waals surface area contributed by atoms with E-state index in [0.717, 1.165) is 11.6 Å². The molecule has 1 amide bonds. The zero-order chi connectivity index (χ0) is 18.7. The van der Waals surface area contributed by atoms with E-state index in [0.29, 0.717) is 16.7 Å². The lowest BCUT2D eigenvalue weighted by Crippen LogP contribution is -2.14. The maximum Gasteiger partial charge on any atom is 0.256 e. The number of oxazole rings is 1. The van der Waals surface area contributed by atoms with Crippen LogP contribution in [0.4, 0.5) is 10.1 Å². The van der Waals surface area contributed by atoms with E-state index in [1.54, 1.807) is 6.20 Å². The van der Waals surface area contributed by atoms with Gasteiger partial charge < -0.3 is 9.73 Å². The normalized spacial score (nSPS) is 10.8. The quantitative estimate of drug-likeness (QED) is 0.586. The lowest BCUT2D eigenvalue weighted by atomic mass is 10.1. The minimum absolute atomic E-state index is 0.0978. The molecule has 0 atom stereocenters. The predicted octanol–water partition coefficient (Wildman–Crippen LogP) is 5.48. The SMILES string of the molecule is Cc1ccc(-c2cnc(SCC(=O)Nc3ccc(F)cc3Cl)o2)cc1C. The Balaban J connectivity index is 1.60. The van der Waals surface area contributed by atoms with Gasteiger partial charge in [0.15, 0.2) is 5.76 Å². The van der Waals surface area contributed by atoms with Gasteiger partial charge in [-0.3, -0.25) is 4.79 Å². The van der Waals surface area contributed by atoms with Gasteiger partial charge in [-0.2, -0.15) is 0 Å². The van der Waals surface area contributed by atoms with Crippen LogP contribution in [-0.2, 0) is 4.79 Å². The van der Waals surface area contributed by atoms with Crippen molar-refractivity contribution in [1.82, 2.24) is 4.98 Å². The third-order valence-electron chi connectivity index (χ3n) is 3.81. The van der Waals surface area contributed by atoms with Crippen LogP contribution in [-0.4, -0.2) is 16.6 Å². The minimum atomic E-state index is -0.457. The number of aryl methyl sites for hydroxylation is 2. The van der Waals surface area contributed by atoms with Gasteiger partial charge in [0, 0.05) is 5.56 Å². The summed E-state index contributed by atoms with van der Waals surface area (Å²) >= 11 is 7.07. The Hall–Kier alpha value is -2.31. The van der Waals surface area contributed by atoms with E-state index in [-0.39, 0.29) is 16.7 Å². The zero-order valence-electron chi connectivity index (χ0n) is 14.2. The van der Waals surface area contributed by atoms with Gasteiger partial charge in [-0.1, -0.05) is 35.5 Å². The molecule has 26 heavy (non-hydrogen) atoms. The number of halogens is 2. The van der Waals surface area contributed by atoms with E-state index in [1.807, 2.05) is 32.0 Å². The van der Waals surface area contributed by atoms with Crippen LogP contribution < -0.4 is 5.32 Å². The lowest BCUT2D eigenvalue weighted by molar-refractivity contribution is -0.113. The molecule has 1 aromatic heterocycles. The number of nitrogens with zero attached hydrogens (tertiary/aromatic N) is 1. The van der Waals surface area contributed by atoms with Gasteiger partial charge in [-0.25, -0.2) is 9.37 Å². The monoisotopic (exact) mass is 390 g/mol. The van der Waals surface area contributed by atoms with Crippen molar-refractivity contribution in [2.24, 2.45) is 0 Å². The second-order valence-electron chi connectivity index (χ2n) is 5.75. The van der Waals surface area contributed by atoms with Gasteiger partial charge >= 0.3 is 0 Å². The first-order valence-corrected chi connectivity index (χ1v) is 9.20. The number of hydrogen-bond donors (Lipinski definition) is 1. The molecule has 0 spiro atoms. The van der Waals surface area contributed by atoms with Gasteiger partial charge in [-0.15, -0.1) is 0 Å². The second kappa shape index (κ2) is 7.93. The van der Waals surface area contributed by atoms with Crippen LogP contribution in [0, 0.1) is 19.7 Å². The highest BCUT2D eigenvalue weighted by molar-refractivity contribution is 7.99. The van der Waals surface area contributed by atoms with Gasteiger partial charge in [0.05, 0.1) is 22.7 Å². The van der Waals surface area contributed by atoms with Crippen LogP contribution in [0.2, 0.25) is 5.02 Å². The average Bonchev–Trinajstić information content (AvgIpc) is 3.07. The molecule has 0 aliphatic carbocycles. The second-order valence-corrected chi connectivity index (χ2v) is 7.08. The Morgan fingerprint density at radius 1 is 1.23 bits per heavy atom. The van der Waals surface area contributed by atoms with Gasteiger partial charge in [0.25, 0.3) is 5.22 Å². The molecule has 0 bridgehead atoms. The number of benzene rings is 2. The first-order chi connectivity index (χ1) is 12.4. The molecule has 3 aromatic rings. The number of anilines is 1. The topological polar surface area (TPSA) is 55.1 Å². The maximum atomic E-state index is 13.0. The van der Waals surface area contributed by atoms with E-state index < -0.39 is 5.82 Å². The molecule has 0 radical (unpaired) electrons. The molecule has 0 saturated carbocycles. The highest BCUT2D eigenvalue weighted by atomic mass is 35.5. The molecule has 4 nitrogen and oxygen atoms in total. The first kappa shape index (κ1) is 18.5. The highest BCUT2D eigenvalue weighted by Gasteiger charge is 2.12. The zero-order valence-corrected chi connectivity index (χ0v) is 15.7. The summed E-state index contributed by atoms with van der Waals surface area (Å²) in [7, 11) is 0. The summed E-state index contributed by atoms with van der Waals surface area (Å²) in [4.78, 5) is 16.2. The van der Waals surface area contributed by atoms with Gasteiger partial charge in [0.2, 0.25) is 5.91 Å². The molecule has 0 saturated heterocycles. The molecule has 2 aromatic carbocycles. The minimum Gasteiger partial charge on any atom is -0.431 e. The molecule has 0 aliphatic rings. The summed E-state index contributed by atoms with van der Waals surface area (Å²) < 4.78 is 18.7. The van der Waals surface area contributed by atoms with E-state index in [2.05, 4.69) is 10.3 Å². The number of carbonyl (C=O) groups is 1. The van der Waals surface area contributed by atoms with E-state index >= 15 is 0 Å². The van der Waals surface area contributed by atoms with Crippen molar-refractivity contribution in [3.05, 3.63) is 64.6 Å². The van der Waals surface area contributed by atoms with Crippen LogP contribution in [0.1, 0.15) is 11.1 Å². The molecular weight excluding hydrogens is 375 g/mol. The predicted molar refractivity (Wildman–Crippen MR) is 102 cm³/mol. The van der Waals surface area contributed by atoms with Crippen molar-refractivity contribution in [3.8, 4) is 11.3 Å². The van der Waals surface area contributed by atoms with E-state index in [4.69, 9.17) is 16.0 Å². The average molecular weight is 391 g/mol. The third-order valence-corrected chi connectivity index (χ3v) is 4.96. The lowest BCUT2D eigenvalue weighted by Gasteiger charge is -2.06. The van der Waals surface area contributed by atoms with Crippen LogP contribution in [0.25, 0.3) is 11.3 Å². The summed E-state index contributed by atoms with van der Waals surface area (Å²) in [6.45, 7) is 4.09. The maximum absolute atomic E-state index is 13.0. The summed E-state index contributed by atoms with van der Waals surface area (Å²) in [5, 5.41) is 3.18. The van der Waals surface area contributed by atoms with Crippen molar-refractivity contribution in [2.75, 3.05) is 11.1 Å². The summed E-state index contributed by atoms with van der Waals surface area (Å²) in [6.07, 6.45) is 1.64. The molecule has 1 heterocycles. The summed E-state index contributed by atoms with van der Waals surface area (Å²) in [5.74, 6) is 0.00804. The van der Waals surface area contributed by atoms with Crippen LogP contribution in [0.15, 0.2) is 52.2 Å². The molecular formula is C19H16ClFN2O2S. The van der Waals surface area contributed by atoms with Gasteiger partial charge in [0.1, 0.15) is 5.82 Å². The first-order valence-electron chi connectivity index (χ1n) is 7.83. The molecule has 7 heteroatoms. The van der Waals surface area contributed by atoms with Crippen LogP contribution in [0.5, 0.6) is 0 Å². The fraction of sp³-hybridized carbons (Fsp3) is 0.158. The number of hydrogen-bond acceptors (Lipinski definition) is 4. The number of rotatable bonds is 5. The van der Waals surface area contributed by atoms with Crippen molar-refractivity contribution in [2.45, 2.75) is 19.1 Å². The fourth-order valence-electron chi connectivity index (χ4n) is 2.26.